The van der Waals surface area contributed by atoms with Crippen LogP contribution in [0, 0.1) is 5.41 Å². The Morgan fingerprint density at radius 1 is 1.42 bits per heavy atom. The zero-order valence-corrected chi connectivity index (χ0v) is 12.3. The monoisotopic (exact) mass is 257 g/mol. The fourth-order valence-corrected chi connectivity index (χ4v) is 2.21. The molecule has 0 radical (unpaired) electrons. The third-order valence-corrected chi connectivity index (χ3v) is 3.18. The first-order chi connectivity index (χ1) is 8.94. The summed E-state index contributed by atoms with van der Waals surface area (Å²) in [6, 6.07) is 0. The smallest absolute Gasteiger partial charge is 0.133 e. The molecule has 0 bridgehead atoms. The molecule has 0 aromatic heterocycles. The lowest BCUT2D eigenvalue weighted by Gasteiger charge is -2.32. The van der Waals surface area contributed by atoms with Crippen molar-refractivity contribution in [2.24, 2.45) is 15.4 Å². The average Bonchev–Trinajstić information content (AvgIpc) is 2.35. The van der Waals surface area contributed by atoms with E-state index in [-0.39, 0.29) is 5.41 Å². The second-order valence-electron chi connectivity index (χ2n) is 5.32. The van der Waals surface area contributed by atoms with Crippen LogP contribution in [-0.4, -0.2) is 19.6 Å². The number of hydrogen-bond donors (Lipinski definition) is 1. The number of hydrogen-bond acceptors (Lipinski definition) is 2. The molecule has 0 atom stereocenters. The van der Waals surface area contributed by atoms with Gasteiger partial charge in [-0.25, -0.2) is 0 Å². The molecule has 1 rings (SSSR count). The van der Waals surface area contributed by atoms with Crippen LogP contribution in [0.1, 0.15) is 27.2 Å². The van der Waals surface area contributed by atoms with Crippen LogP contribution < -0.4 is 5.32 Å². The molecule has 0 aromatic carbocycles. The normalized spacial score (nSPS) is 19.4. The highest BCUT2D eigenvalue weighted by Crippen LogP contribution is 2.35. The number of aliphatic imine (C=N–C) groups is 2. The maximum absolute atomic E-state index is 4.27. The van der Waals surface area contributed by atoms with Crippen LogP contribution in [-0.2, 0) is 0 Å². The van der Waals surface area contributed by atoms with E-state index in [4.69, 9.17) is 0 Å². The number of amidine groups is 1. The van der Waals surface area contributed by atoms with Gasteiger partial charge in [-0.1, -0.05) is 38.2 Å². The van der Waals surface area contributed by atoms with E-state index < -0.39 is 0 Å². The maximum atomic E-state index is 4.27. The van der Waals surface area contributed by atoms with E-state index in [9.17, 15) is 0 Å². The van der Waals surface area contributed by atoms with Crippen molar-refractivity contribution < 1.29 is 0 Å². The van der Waals surface area contributed by atoms with Crippen molar-refractivity contribution in [1.29, 1.82) is 0 Å². The average molecular weight is 257 g/mol. The van der Waals surface area contributed by atoms with Crippen LogP contribution in [0.4, 0.5) is 0 Å². The number of nitrogens with one attached hydrogen (secondary N) is 1. The molecule has 1 N–H and O–H groups in total. The molecule has 1 aliphatic rings. The maximum Gasteiger partial charge on any atom is 0.133 e. The summed E-state index contributed by atoms with van der Waals surface area (Å²) >= 11 is 0. The van der Waals surface area contributed by atoms with Crippen LogP contribution in [0.3, 0.4) is 0 Å². The van der Waals surface area contributed by atoms with Crippen molar-refractivity contribution in [3.8, 4) is 0 Å². The first kappa shape index (κ1) is 15.2. The van der Waals surface area contributed by atoms with Gasteiger partial charge in [0.2, 0.25) is 0 Å². The lowest BCUT2D eigenvalue weighted by atomic mass is 9.79. The van der Waals surface area contributed by atoms with E-state index in [0.29, 0.717) is 0 Å². The first-order valence-corrected chi connectivity index (χ1v) is 6.35. The molecule has 0 aromatic rings. The van der Waals surface area contributed by atoms with Crippen LogP contribution in [0.5, 0.6) is 0 Å². The Morgan fingerprint density at radius 2 is 2.11 bits per heavy atom. The summed E-state index contributed by atoms with van der Waals surface area (Å²) in [5, 5.41) is 3.39. The number of rotatable bonds is 4. The molecule has 0 saturated heterocycles. The van der Waals surface area contributed by atoms with E-state index in [2.05, 4.69) is 61.5 Å². The highest BCUT2D eigenvalue weighted by atomic mass is 15.0. The quantitative estimate of drug-likeness (QED) is 0.466. The summed E-state index contributed by atoms with van der Waals surface area (Å²) in [7, 11) is 1.75. The van der Waals surface area contributed by atoms with Gasteiger partial charge in [0, 0.05) is 29.9 Å². The minimum absolute atomic E-state index is 0.0721. The van der Waals surface area contributed by atoms with Gasteiger partial charge in [-0.05, 0) is 26.1 Å². The van der Waals surface area contributed by atoms with E-state index in [0.717, 1.165) is 23.5 Å². The van der Waals surface area contributed by atoms with E-state index in [1.807, 2.05) is 0 Å². The van der Waals surface area contributed by atoms with Gasteiger partial charge in [0.1, 0.15) is 5.84 Å². The molecule has 0 saturated carbocycles. The second kappa shape index (κ2) is 6.32. The predicted octanol–water partition coefficient (Wildman–Crippen LogP) is 3.63. The summed E-state index contributed by atoms with van der Waals surface area (Å²) in [4.78, 5) is 8.05. The van der Waals surface area contributed by atoms with Crippen LogP contribution >= 0.6 is 0 Å². The summed E-state index contributed by atoms with van der Waals surface area (Å²) in [5.41, 5.74) is 3.44. The fraction of sp³-hybridized carbons (Fsp3) is 0.375. The molecule has 0 unspecified atom stereocenters. The summed E-state index contributed by atoms with van der Waals surface area (Å²) in [5.74, 6) is 0.759. The minimum atomic E-state index is 0.0721. The summed E-state index contributed by atoms with van der Waals surface area (Å²) in [6.07, 6.45) is 8.67. The molecule has 0 spiro atoms. The van der Waals surface area contributed by atoms with E-state index in [1.165, 1.54) is 5.57 Å². The van der Waals surface area contributed by atoms with Crippen molar-refractivity contribution in [1.82, 2.24) is 5.32 Å². The van der Waals surface area contributed by atoms with Crippen LogP contribution in [0.2, 0.25) is 0 Å². The Balaban J connectivity index is 3.03. The standard InChI is InChI=1S/C16H23N3/c1-7-13(11-17-5)15(18-6)19-14-9-8-12(2)10-16(14,3)4/h7-9,11H,1,5,10H2,2-4,6H3,(H,18,19)/b13-11+. The van der Waals surface area contributed by atoms with Gasteiger partial charge in [0.25, 0.3) is 0 Å². The van der Waals surface area contributed by atoms with Crippen LogP contribution in [0.15, 0.2) is 57.8 Å². The zero-order chi connectivity index (χ0) is 14.5. The SMILES string of the molecule is C=C/C(=C\N=C)C(=NC)NC1=CC=C(C)CC1(C)C. The van der Waals surface area contributed by atoms with Gasteiger partial charge in [-0.15, -0.1) is 0 Å². The van der Waals surface area contributed by atoms with Gasteiger partial charge in [0.05, 0.1) is 0 Å². The van der Waals surface area contributed by atoms with Crippen LogP contribution in [0.25, 0.3) is 0 Å². The second-order valence-corrected chi connectivity index (χ2v) is 5.32. The topological polar surface area (TPSA) is 36.8 Å². The molecule has 102 valence electrons. The number of allylic oxidation sites excluding steroid dienone is 4. The molecular weight excluding hydrogens is 234 g/mol. The Morgan fingerprint density at radius 3 is 2.58 bits per heavy atom. The molecule has 0 fully saturated rings. The molecule has 3 heteroatoms. The van der Waals surface area contributed by atoms with Crippen molar-refractivity contribution in [3.63, 3.8) is 0 Å². The summed E-state index contributed by atoms with van der Waals surface area (Å²) < 4.78 is 0. The van der Waals surface area contributed by atoms with Crippen molar-refractivity contribution in [3.05, 3.63) is 47.9 Å². The van der Waals surface area contributed by atoms with Gasteiger partial charge in [-0.3, -0.25) is 9.98 Å². The highest BCUT2D eigenvalue weighted by molar-refractivity contribution is 6.01. The lowest BCUT2D eigenvalue weighted by Crippen LogP contribution is -2.33. The molecule has 0 heterocycles. The van der Waals surface area contributed by atoms with Gasteiger partial charge < -0.3 is 5.32 Å². The van der Waals surface area contributed by atoms with Gasteiger partial charge in [0.15, 0.2) is 0 Å². The third kappa shape index (κ3) is 3.78. The largest absolute Gasteiger partial charge is 0.343 e. The number of nitrogens with zero attached hydrogens (tertiary/aromatic N) is 2. The third-order valence-electron chi connectivity index (χ3n) is 3.18. The van der Waals surface area contributed by atoms with E-state index in [1.54, 1.807) is 19.3 Å². The van der Waals surface area contributed by atoms with Gasteiger partial charge >= 0.3 is 0 Å². The Hall–Kier alpha value is -1.90. The Labute approximate surface area is 116 Å². The Kier molecular flexibility index (Phi) is 5.04. The lowest BCUT2D eigenvalue weighted by molar-refractivity contribution is 0.419. The molecule has 0 aliphatic heterocycles. The molecular formula is C16H23N3. The van der Waals surface area contributed by atoms with Crippen molar-refractivity contribution in [2.45, 2.75) is 27.2 Å². The molecule has 0 amide bonds. The van der Waals surface area contributed by atoms with Gasteiger partial charge in [-0.2, -0.15) is 0 Å². The zero-order valence-electron chi connectivity index (χ0n) is 12.3. The molecule has 19 heavy (non-hydrogen) atoms. The van der Waals surface area contributed by atoms with Crippen molar-refractivity contribution >= 4 is 12.6 Å². The molecule has 3 nitrogen and oxygen atoms in total. The van der Waals surface area contributed by atoms with E-state index >= 15 is 0 Å². The minimum Gasteiger partial charge on any atom is -0.343 e. The van der Waals surface area contributed by atoms with Crippen molar-refractivity contribution in [2.75, 3.05) is 7.05 Å². The first-order valence-electron chi connectivity index (χ1n) is 6.35. The highest BCUT2D eigenvalue weighted by Gasteiger charge is 2.27. The fourth-order valence-electron chi connectivity index (χ4n) is 2.21. The Bertz CT molecular complexity index is 488. The predicted molar refractivity (Wildman–Crippen MR) is 84.6 cm³/mol. The summed E-state index contributed by atoms with van der Waals surface area (Å²) in [6.45, 7) is 13.8. The molecule has 1 aliphatic carbocycles.